The minimum Gasteiger partial charge on any atom is -0.495 e. The van der Waals surface area contributed by atoms with E-state index < -0.39 is 5.91 Å². The van der Waals surface area contributed by atoms with E-state index in [1.165, 1.54) is 12.0 Å². The number of nitrogens with zero attached hydrogens (tertiary/aromatic N) is 1. The zero-order valence-corrected chi connectivity index (χ0v) is 26.6. The minimum absolute atomic E-state index is 0.168. The summed E-state index contributed by atoms with van der Waals surface area (Å²) in [7, 11) is 3.13. The molecule has 0 saturated carbocycles. The van der Waals surface area contributed by atoms with E-state index >= 15 is 0 Å². The smallest absolute Gasteiger partial charge is 0.259 e. The molecule has 0 spiro atoms. The van der Waals surface area contributed by atoms with Gasteiger partial charge in [0.2, 0.25) is 11.8 Å². The van der Waals surface area contributed by atoms with E-state index in [1.807, 2.05) is 25.1 Å². The van der Waals surface area contributed by atoms with E-state index in [0.717, 1.165) is 12.0 Å². The molecule has 0 aromatic heterocycles. The quantitative estimate of drug-likeness (QED) is 0.153. The third kappa shape index (κ3) is 10.5. The highest BCUT2D eigenvalue weighted by Crippen LogP contribution is 2.32. The highest BCUT2D eigenvalue weighted by Gasteiger charge is 2.21. The van der Waals surface area contributed by atoms with Crippen LogP contribution in [0.3, 0.4) is 0 Å². The number of anilines is 2. The number of para-hydroxylation sites is 1. The average Bonchev–Trinajstić information content (AvgIpc) is 3.05. The molecule has 0 radical (unpaired) electrons. The van der Waals surface area contributed by atoms with Crippen LogP contribution in [-0.4, -0.2) is 64.1 Å². The van der Waals surface area contributed by atoms with Crippen molar-refractivity contribution in [1.29, 1.82) is 0 Å². The molecule has 0 aliphatic rings. The van der Waals surface area contributed by atoms with Gasteiger partial charge in [-0.25, -0.2) is 0 Å². The fourth-order valence-electron chi connectivity index (χ4n) is 4.50. The Hall–Kier alpha value is -5.10. The van der Waals surface area contributed by atoms with Crippen molar-refractivity contribution >= 4 is 35.0 Å². The molecule has 0 aliphatic heterocycles. The van der Waals surface area contributed by atoms with Crippen molar-refractivity contribution in [3.8, 4) is 17.2 Å². The van der Waals surface area contributed by atoms with Gasteiger partial charge in [-0.05, 0) is 87.2 Å². The number of carbonyl (C=O) groups is 4. The Balaban J connectivity index is 1.65. The van der Waals surface area contributed by atoms with Crippen LogP contribution in [-0.2, 0) is 9.59 Å². The minimum atomic E-state index is -0.581. The predicted octanol–water partition coefficient (Wildman–Crippen LogP) is 3.80. The molecule has 12 heteroatoms. The summed E-state index contributed by atoms with van der Waals surface area (Å²) in [6.45, 7) is 3.04. The number of hydrogen-bond donors (Lipinski definition) is 4. The number of nitrogens with two attached hydrogens (primary N) is 2. The van der Waals surface area contributed by atoms with Crippen molar-refractivity contribution in [3.05, 3.63) is 77.4 Å². The zero-order valence-electron chi connectivity index (χ0n) is 26.6. The molecule has 4 amide bonds. The number of aryl methyl sites for hydroxylation is 1. The lowest BCUT2D eigenvalue weighted by Gasteiger charge is -2.22. The normalized spacial score (nSPS) is 10.5. The first-order chi connectivity index (χ1) is 22.1. The maximum atomic E-state index is 13.6. The number of primary amides is 1. The summed E-state index contributed by atoms with van der Waals surface area (Å²) in [5.74, 6) is -0.169. The number of rotatable bonds is 18. The molecule has 6 N–H and O–H groups in total. The lowest BCUT2D eigenvalue weighted by Crippen LogP contribution is -2.33. The Morgan fingerprint density at radius 1 is 0.848 bits per heavy atom. The van der Waals surface area contributed by atoms with Crippen molar-refractivity contribution in [3.63, 3.8) is 0 Å². The summed E-state index contributed by atoms with van der Waals surface area (Å²) in [5.41, 5.74) is 13.3. The monoisotopic (exact) mass is 633 g/mol. The topological polar surface area (TPSA) is 175 Å². The number of methoxy groups -OCH3 is 1. The molecule has 46 heavy (non-hydrogen) atoms. The van der Waals surface area contributed by atoms with E-state index in [1.54, 1.807) is 49.5 Å². The summed E-state index contributed by atoms with van der Waals surface area (Å²) >= 11 is 0. The third-order valence-electron chi connectivity index (χ3n) is 6.98. The van der Waals surface area contributed by atoms with Crippen molar-refractivity contribution in [2.45, 2.75) is 39.0 Å². The van der Waals surface area contributed by atoms with Gasteiger partial charge in [0.25, 0.3) is 11.8 Å². The van der Waals surface area contributed by atoms with Crippen LogP contribution in [0.5, 0.6) is 17.2 Å². The standard InChI is InChI=1S/C34H43N5O7/c1-23-13-16-27(30(20-23)46-18-8-4-5-12-32(41)37-22-31(36)40)39(2)34(43)24-14-15-26(29(21-24)44-3)38-33(42)25-10-6-7-11-28(25)45-19-9-17-35/h6-7,10-11,13-16,20-21H,4-5,8-9,12,17-19,22,35H2,1-3H3,(H2,36,40)(H,37,41)(H,38,42). The fraction of sp³-hybridized carbons (Fsp3) is 0.353. The Morgan fingerprint density at radius 2 is 1.59 bits per heavy atom. The number of ether oxygens (including phenoxy) is 3. The molecular weight excluding hydrogens is 590 g/mol. The van der Waals surface area contributed by atoms with Crippen molar-refractivity contribution < 1.29 is 33.4 Å². The lowest BCUT2D eigenvalue weighted by atomic mass is 10.1. The van der Waals surface area contributed by atoms with E-state index in [-0.39, 0.29) is 24.3 Å². The molecule has 0 atom stereocenters. The summed E-state index contributed by atoms with van der Waals surface area (Å²) in [4.78, 5) is 50.7. The van der Waals surface area contributed by atoms with E-state index in [0.29, 0.717) is 85.2 Å². The number of benzene rings is 3. The molecule has 0 fully saturated rings. The molecule has 12 nitrogen and oxygen atoms in total. The molecular formula is C34H43N5O7. The third-order valence-corrected chi connectivity index (χ3v) is 6.98. The molecule has 246 valence electrons. The molecule has 0 saturated heterocycles. The van der Waals surface area contributed by atoms with Gasteiger partial charge in [-0.3, -0.25) is 19.2 Å². The van der Waals surface area contributed by atoms with E-state index in [4.69, 9.17) is 25.7 Å². The largest absolute Gasteiger partial charge is 0.495 e. The summed E-state index contributed by atoms with van der Waals surface area (Å²) in [6.07, 6.45) is 3.04. The first-order valence-corrected chi connectivity index (χ1v) is 15.1. The molecule has 0 unspecified atom stereocenters. The van der Waals surface area contributed by atoms with Crippen molar-refractivity contribution in [2.24, 2.45) is 11.5 Å². The van der Waals surface area contributed by atoms with E-state index in [2.05, 4.69) is 10.6 Å². The van der Waals surface area contributed by atoms with E-state index in [9.17, 15) is 19.2 Å². The molecule has 0 heterocycles. The van der Waals surface area contributed by atoms with Crippen LogP contribution in [0.4, 0.5) is 11.4 Å². The van der Waals surface area contributed by atoms with Crippen molar-refractivity contribution in [2.75, 3.05) is 50.7 Å². The maximum absolute atomic E-state index is 13.6. The number of nitrogens with one attached hydrogen (secondary N) is 2. The van der Waals surface area contributed by atoms with Gasteiger partial charge in [0.1, 0.15) is 17.2 Å². The Morgan fingerprint density at radius 3 is 2.33 bits per heavy atom. The van der Waals surface area contributed by atoms with Crippen molar-refractivity contribution in [1.82, 2.24) is 5.32 Å². The second kappa shape index (κ2) is 18.0. The van der Waals surface area contributed by atoms with Gasteiger partial charge < -0.3 is 41.2 Å². The van der Waals surface area contributed by atoms with Crippen LogP contribution in [0, 0.1) is 6.92 Å². The number of unbranched alkanes of at least 4 members (excludes halogenated alkanes) is 2. The molecule has 3 aromatic carbocycles. The Bertz CT molecular complexity index is 1510. The van der Waals surface area contributed by atoms with Crippen LogP contribution in [0.1, 0.15) is 58.4 Å². The highest BCUT2D eigenvalue weighted by molar-refractivity contribution is 6.09. The van der Waals surface area contributed by atoms with Gasteiger partial charge in [0.15, 0.2) is 0 Å². The number of amides is 4. The first kappa shape index (κ1) is 35.4. The first-order valence-electron chi connectivity index (χ1n) is 15.1. The van der Waals surface area contributed by atoms with Crippen LogP contribution in [0.25, 0.3) is 0 Å². The zero-order chi connectivity index (χ0) is 33.5. The SMILES string of the molecule is COc1cc(C(=O)N(C)c2ccc(C)cc2OCCCCCC(=O)NCC(N)=O)ccc1NC(=O)c1ccccc1OCCCN. The second-order valence-corrected chi connectivity index (χ2v) is 10.6. The van der Waals surface area contributed by atoms with Gasteiger partial charge >= 0.3 is 0 Å². The summed E-state index contributed by atoms with van der Waals surface area (Å²) in [6, 6.07) is 17.3. The van der Waals surface area contributed by atoms with Gasteiger partial charge in [0, 0.05) is 19.0 Å². The molecule has 0 bridgehead atoms. The number of carbonyl (C=O) groups excluding carboxylic acids is 4. The fourth-order valence-corrected chi connectivity index (χ4v) is 4.50. The molecule has 3 rings (SSSR count). The van der Waals surface area contributed by atoms with Gasteiger partial charge in [-0.1, -0.05) is 18.2 Å². The summed E-state index contributed by atoms with van der Waals surface area (Å²) < 4.78 is 17.3. The Labute approximate surface area is 269 Å². The molecule has 0 aliphatic carbocycles. The predicted molar refractivity (Wildman–Crippen MR) is 177 cm³/mol. The lowest BCUT2D eigenvalue weighted by molar-refractivity contribution is -0.124. The van der Waals surface area contributed by atoms with Gasteiger partial charge in [0.05, 0.1) is 43.8 Å². The van der Waals surface area contributed by atoms with Crippen LogP contribution < -0.4 is 41.2 Å². The second-order valence-electron chi connectivity index (χ2n) is 10.6. The average molecular weight is 634 g/mol. The Kier molecular flexibility index (Phi) is 13.9. The molecule has 3 aromatic rings. The van der Waals surface area contributed by atoms with Gasteiger partial charge in [-0.15, -0.1) is 0 Å². The van der Waals surface area contributed by atoms with Crippen LogP contribution >= 0.6 is 0 Å². The summed E-state index contributed by atoms with van der Waals surface area (Å²) in [5, 5.41) is 5.32. The van der Waals surface area contributed by atoms with Gasteiger partial charge in [-0.2, -0.15) is 0 Å². The number of hydrogen-bond acceptors (Lipinski definition) is 8. The van der Waals surface area contributed by atoms with Crippen LogP contribution in [0.15, 0.2) is 60.7 Å². The van der Waals surface area contributed by atoms with Crippen LogP contribution in [0.2, 0.25) is 0 Å². The maximum Gasteiger partial charge on any atom is 0.259 e. The highest BCUT2D eigenvalue weighted by atomic mass is 16.5.